The zero-order valence-corrected chi connectivity index (χ0v) is 14.9. The summed E-state index contributed by atoms with van der Waals surface area (Å²) in [6.45, 7) is 4.47. The molecule has 3 aliphatic rings. The van der Waals surface area contributed by atoms with Gasteiger partial charge in [0.2, 0.25) is 11.8 Å². The highest BCUT2D eigenvalue weighted by atomic mass is 16.5. The normalized spacial score (nSPS) is 28.6. The van der Waals surface area contributed by atoms with Gasteiger partial charge in [-0.2, -0.15) is 0 Å². The Morgan fingerprint density at radius 2 is 2.00 bits per heavy atom. The van der Waals surface area contributed by atoms with E-state index in [9.17, 15) is 9.59 Å². The van der Waals surface area contributed by atoms with Crippen molar-refractivity contribution in [3.8, 4) is 0 Å². The second-order valence-electron chi connectivity index (χ2n) is 7.20. The van der Waals surface area contributed by atoms with Crippen LogP contribution in [0, 0.1) is 5.41 Å². The molecule has 0 saturated carbocycles. The van der Waals surface area contributed by atoms with Gasteiger partial charge in [0.15, 0.2) is 0 Å². The third kappa shape index (κ3) is 3.09. The molecule has 2 fully saturated rings. The van der Waals surface area contributed by atoms with Gasteiger partial charge in [-0.3, -0.25) is 9.59 Å². The van der Waals surface area contributed by atoms with E-state index in [0.29, 0.717) is 26.0 Å². The van der Waals surface area contributed by atoms with Crippen molar-refractivity contribution < 1.29 is 14.3 Å². The van der Waals surface area contributed by atoms with Crippen LogP contribution in [0.25, 0.3) is 0 Å². The molecule has 6 heteroatoms. The van der Waals surface area contributed by atoms with Crippen LogP contribution in [0.3, 0.4) is 0 Å². The molecule has 0 radical (unpaired) electrons. The lowest BCUT2D eigenvalue weighted by atomic mass is 9.68. The molecule has 0 bridgehead atoms. The molecule has 0 spiro atoms. The van der Waals surface area contributed by atoms with Gasteiger partial charge >= 0.3 is 0 Å². The molecule has 1 unspecified atom stereocenters. The van der Waals surface area contributed by atoms with Gasteiger partial charge < -0.3 is 19.4 Å². The van der Waals surface area contributed by atoms with E-state index in [1.165, 1.54) is 0 Å². The first-order chi connectivity index (χ1) is 11.6. The third-order valence-electron chi connectivity index (χ3n) is 5.71. The van der Waals surface area contributed by atoms with Crippen molar-refractivity contribution in [2.45, 2.75) is 32.1 Å². The Morgan fingerprint density at radius 1 is 1.25 bits per heavy atom. The van der Waals surface area contributed by atoms with Crippen molar-refractivity contribution >= 4 is 11.8 Å². The van der Waals surface area contributed by atoms with Gasteiger partial charge in [-0.25, -0.2) is 0 Å². The number of ether oxygens (including phenoxy) is 1. The minimum atomic E-state index is -0.490. The predicted octanol–water partition coefficient (Wildman–Crippen LogP) is 1.08. The number of allylic oxidation sites excluding steroid dienone is 1. The Hall–Kier alpha value is -1.40. The molecular weight excluding hydrogens is 306 g/mol. The van der Waals surface area contributed by atoms with E-state index in [-0.39, 0.29) is 11.8 Å². The maximum absolute atomic E-state index is 13.4. The van der Waals surface area contributed by atoms with Gasteiger partial charge in [-0.05, 0) is 32.7 Å². The second kappa shape index (κ2) is 7.23. The number of nitrogens with zero attached hydrogens (tertiary/aromatic N) is 3. The van der Waals surface area contributed by atoms with Crippen LogP contribution < -0.4 is 0 Å². The summed E-state index contributed by atoms with van der Waals surface area (Å²) in [7, 11) is 3.74. The number of carbonyl (C=O) groups excluding carboxylic acids is 2. The summed E-state index contributed by atoms with van der Waals surface area (Å²) < 4.78 is 5.17. The molecule has 134 valence electrons. The van der Waals surface area contributed by atoms with Crippen LogP contribution >= 0.6 is 0 Å². The van der Waals surface area contributed by atoms with Gasteiger partial charge in [0, 0.05) is 52.0 Å². The van der Waals surface area contributed by atoms with Gasteiger partial charge in [0.05, 0.1) is 12.0 Å². The van der Waals surface area contributed by atoms with Crippen LogP contribution in [0.5, 0.6) is 0 Å². The van der Waals surface area contributed by atoms with Gasteiger partial charge in [-0.1, -0.05) is 6.08 Å². The topological polar surface area (TPSA) is 53.1 Å². The van der Waals surface area contributed by atoms with Gasteiger partial charge in [0.1, 0.15) is 0 Å². The lowest BCUT2D eigenvalue weighted by molar-refractivity contribution is -0.149. The first kappa shape index (κ1) is 17.4. The number of rotatable bonds is 4. The number of carbonyl (C=O) groups is 2. The van der Waals surface area contributed by atoms with Crippen molar-refractivity contribution in [3.05, 3.63) is 11.8 Å². The molecule has 2 aliphatic heterocycles. The summed E-state index contributed by atoms with van der Waals surface area (Å²) >= 11 is 0. The highest BCUT2D eigenvalue weighted by molar-refractivity contribution is 5.91. The van der Waals surface area contributed by atoms with Crippen molar-refractivity contribution in [2.75, 3.05) is 53.5 Å². The number of likely N-dealkylation sites (tertiary alicyclic amines) is 1. The Labute approximate surface area is 144 Å². The number of piperidine rings is 1. The molecule has 2 heterocycles. The molecule has 1 aliphatic carbocycles. The zero-order chi connectivity index (χ0) is 17.2. The molecule has 6 nitrogen and oxygen atoms in total. The highest BCUT2D eigenvalue weighted by Crippen LogP contribution is 2.47. The minimum Gasteiger partial charge on any atom is -0.383 e. The smallest absolute Gasteiger partial charge is 0.234 e. The number of hydrogen-bond donors (Lipinski definition) is 0. The van der Waals surface area contributed by atoms with E-state index in [2.05, 4.69) is 18.0 Å². The number of fused-ring (bicyclic) bond motifs is 1. The van der Waals surface area contributed by atoms with Crippen molar-refractivity contribution in [3.63, 3.8) is 0 Å². The van der Waals surface area contributed by atoms with Crippen LogP contribution in [-0.4, -0.2) is 80.0 Å². The molecule has 0 aromatic rings. The monoisotopic (exact) mass is 335 g/mol. The molecule has 0 aromatic carbocycles. The second-order valence-corrected chi connectivity index (χ2v) is 7.20. The number of amides is 2. The zero-order valence-electron chi connectivity index (χ0n) is 14.9. The molecule has 2 saturated heterocycles. The minimum absolute atomic E-state index is 0.127. The van der Waals surface area contributed by atoms with Crippen LogP contribution in [0.4, 0.5) is 0 Å². The SMILES string of the molecule is COCCN1C(=O)CCC2(C(=O)N3CCN(C)CC3)CCCC=C12. The van der Waals surface area contributed by atoms with Crippen LogP contribution in [0.1, 0.15) is 32.1 Å². The quantitative estimate of drug-likeness (QED) is 0.772. The first-order valence-corrected chi connectivity index (χ1v) is 9.06. The summed E-state index contributed by atoms with van der Waals surface area (Å²) in [5.41, 5.74) is 0.460. The van der Waals surface area contributed by atoms with E-state index in [1.54, 1.807) is 7.11 Å². The van der Waals surface area contributed by atoms with Crippen LogP contribution in [0.15, 0.2) is 11.8 Å². The van der Waals surface area contributed by atoms with E-state index in [1.807, 2.05) is 9.80 Å². The van der Waals surface area contributed by atoms with E-state index in [0.717, 1.165) is 51.1 Å². The Kier molecular flexibility index (Phi) is 5.25. The summed E-state index contributed by atoms with van der Waals surface area (Å²) in [6, 6.07) is 0. The summed E-state index contributed by atoms with van der Waals surface area (Å²) in [4.78, 5) is 32.0. The molecule has 0 aromatic heterocycles. The summed E-state index contributed by atoms with van der Waals surface area (Å²) in [5.74, 6) is 0.360. The van der Waals surface area contributed by atoms with Crippen LogP contribution in [-0.2, 0) is 14.3 Å². The molecule has 24 heavy (non-hydrogen) atoms. The largest absolute Gasteiger partial charge is 0.383 e. The van der Waals surface area contributed by atoms with Gasteiger partial charge in [0.25, 0.3) is 0 Å². The van der Waals surface area contributed by atoms with Crippen molar-refractivity contribution in [1.82, 2.24) is 14.7 Å². The van der Waals surface area contributed by atoms with E-state index >= 15 is 0 Å². The maximum Gasteiger partial charge on any atom is 0.234 e. The summed E-state index contributed by atoms with van der Waals surface area (Å²) in [5, 5.41) is 0. The number of hydrogen-bond acceptors (Lipinski definition) is 4. The molecule has 1 atom stereocenters. The molecular formula is C18H29N3O3. The van der Waals surface area contributed by atoms with Crippen molar-refractivity contribution in [2.24, 2.45) is 5.41 Å². The number of piperazine rings is 1. The van der Waals surface area contributed by atoms with Gasteiger partial charge in [-0.15, -0.1) is 0 Å². The third-order valence-corrected chi connectivity index (χ3v) is 5.71. The summed E-state index contributed by atoms with van der Waals surface area (Å²) in [6.07, 6.45) is 6.08. The lowest BCUT2D eigenvalue weighted by Gasteiger charge is -2.48. The molecule has 3 rings (SSSR count). The maximum atomic E-state index is 13.4. The fourth-order valence-electron chi connectivity index (χ4n) is 4.24. The predicted molar refractivity (Wildman–Crippen MR) is 91.3 cm³/mol. The molecule has 2 amide bonds. The van der Waals surface area contributed by atoms with E-state index < -0.39 is 5.41 Å². The standard InChI is InChI=1S/C18H29N3O3/c1-19-9-11-20(12-10-19)17(23)18-7-4-3-5-15(18)21(13-14-24-2)16(22)6-8-18/h5H,3-4,6-14H2,1-2H3. The molecule has 0 N–H and O–H groups in total. The Bertz CT molecular complexity index is 526. The van der Waals surface area contributed by atoms with Crippen LogP contribution in [0.2, 0.25) is 0 Å². The lowest BCUT2D eigenvalue weighted by Crippen LogP contribution is -2.57. The Balaban J connectivity index is 1.85. The highest BCUT2D eigenvalue weighted by Gasteiger charge is 2.51. The average Bonchev–Trinajstić information content (AvgIpc) is 2.61. The first-order valence-electron chi connectivity index (χ1n) is 9.06. The fraction of sp³-hybridized carbons (Fsp3) is 0.778. The number of methoxy groups -OCH3 is 1. The number of likely N-dealkylation sites (N-methyl/N-ethyl adjacent to an activating group) is 1. The van der Waals surface area contributed by atoms with E-state index in [4.69, 9.17) is 4.74 Å². The fourth-order valence-corrected chi connectivity index (χ4v) is 4.24. The van der Waals surface area contributed by atoms with Crippen molar-refractivity contribution in [1.29, 1.82) is 0 Å². The average molecular weight is 335 g/mol. The Morgan fingerprint density at radius 3 is 2.71 bits per heavy atom.